The molecular weight excluding hydrogens is 441 g/mol. The van der Waals surface area contributed by atoms with Crippen molar-refractivity contribution in [2.45, 2.75) is 19.4 Å². The highest BCUT2D eigenvalue weighted by Crippen LogP contribution is 2.31. The third kappa shape index (κ3) is 3.63. The number of benzene rings is 2. The van der Waals surface area contributed by atoms with Gasteiger partial charge in [0.15, 0.2) is 0 Å². The molecule has 3 aliphatic rings. The van der Waals surface area contributed by atoms with Crippen molar-refractivity contribution >= 4 is 35.6 Å². The zero-order valence-corrected chi connectivity index (χ0v) is 18.5. The molecule has 3 heterocycles. The van der Waals surface area contributed by atoms with E-state index in [1.807, 2.05) is 0 Å². The fourth-order valence-electron chi connectivity index (χ4n) is 4.62. The Morgan fingerprint density at radius 2 is 1.91 bits per heavy atom. The lowest BCUT2D eigenvalue weighted by atomic mass is 10.0. The van der Waals surface area contributed by atoms with Crippen LogP contribution in [0.4, 0.5) is 9.18 Å². The van der Waals surface area contributed by atoms with Crippen molar-refractivity contribution in [1.82, 2.24) is 14.7 Å². The third-order valence-electron chi connectivity index (χ3n) is 6.40. The lowest BCUT2D eigenvalue weighted by molar-refractivity contribution is -0.126. The lowest BCUT2D eigenvalue weighted by Gasteiger charge is -2.23. The second-order valence-corrected chi connectivity index (χ2v) is 8.44. The van der Waals surface area contributed by atoms with Gasteiger partial charge in [-0.2, -0.15) is 0 Å². The van der Waals surface area contributed by atoms with E-state index in [1.54, 1.807) is 37.3 Å². The Morgan fingerprint density at radius 1 is 1.15 bits per heavy atom. The number of imide groups is 1. The van der Waals surface area contributed by atoms with Gasteiger partial charge in [-0.1, -0.05) is 24.3 Å². The molecule has 4 amide bonds. The van der Waals surface area contributed by atoms with Crippen LogP contribution in [0, 0.1) is 5.82 Å². The summed E-state index contributed by atoms with van der Waals surface area (Å²) < 4.78 is 20.0. The number of nitrogens with zero attached hydrogens (tertiary/aromatic N) is 3. The summed E-state index contributed by atoms with van der Waals surface area (Å²) in [5.74, 6) is -1.60. The maximum atomic E-state index is 14.6. The molecule has 0 aliphatic carbocycles. The largest absolute Gasteiger partial charge is 0.422 e. The molecule has 2 saturated heterocycles. The molecule has 2 aromatic carbocycles. The van der Waals surface area contributed by atoms with E-state index < -0.39 is 23.7 Å². The van der Waals surface area contributed by atoms with E-state index in [4.69, 9.17) is 4.74 Å². The van der Waals surface area contributed by atoms with Gasteiger partial charge in [0.1, 0.15) is 18.1 Å². The monoisotopic (exact) mass is 463 g/mol. The molecule has 1 unspecified atom stereocenters. The van der Waals surface area contributed by atoms with Gasteiger partial charge in [-0.05, 0) is 43.2 Å². The zero-order valence-electron chi connectivity index (χ0n) is 18.5. The summed E-state index contributed by atoms with van der Waals surface area (Å²) in [5, 5.41) is 0. The molecule has 5 rings (SSSR count). The van der Waals surface area contributed by atoms with Crippen molar-refractivity contribution in [3.63, 3.8) is 0 Å². The smallest absolute Gasteiger partial charge is 0.344 e. The Balaban J connectivity index is 1.36. The number of cyclic esters (lactones) is 1. The van der Waals surface area contributed by atoms with Crippen LogP contribution in [0.5, 0.6) is 0 Å². The average Bonchev–Trinajstić information content (AvgIpc) is 3.51. The van der Waals surface area contributed by atoms with E-state index >= 15 is 0 Å². The molecule has 0 N–H and O–H groups in total. The van der Waals surface area contributed by atoms with Crippen LogP contribution in [0.25, 0.3) is 11.8 Å². The Labute approximate surface area is 195 Å². The average molecular weight is 463 g/mol. The van der Waals surface area contributed by atoms with Crippen molar-refractivity contribution in [1.29, 1.82) is 0 Å². The summed E-state index contributed by atoms with van der Waals surface area (Å²) in [5.41, 5.74) is 1.46. The minimum Gasteiger partial charge on any atom is -0.422 e. The van der Waals surface area contributed by atoms with Crippen LogP contribution in [-0.4, -0.2) is 70.7 Å². The lowest BCUT2D eigenvalue weighted by Crippen LogP contribution is -2.43. The molecule has 0 aromatic heterocycles. The van der Waals surface area contributed by atoms with Gasteiger partial charge in [-0.25, -0.2) is 14.0 Å². The van der Waals surface area contributed by atoms with Gasteiger partial charge in [0.05, 0.1) is 17.2 Å². The van der Waals surface area contributed by atoms with E-state index in [0.717, 1.165) is 0 Å². The van der Waals surface area contributed by atoms with E-state index in [1.165, 1.54) is 32.9 Å². The predicted octanol–water partition coefficient (Wildman–Crippen LogP) is 2.99. The van der Waals surface area contributed by atoms with Crippen molar-refractivity contribution in [3.05, 3.63) is 70.5 Å². The highest BCUT2D eigenvalue weighted by atomic mass is 19.1. The van der Waals surface area contributed by atoms with E-state index in [-0.39, 0.29) is 30.6 Å². The highest BCUT2D eigenvalue weighted by molar-refractivity contribution is 6.06. The summed E-state index contributed by atoms with van der Waals surface area (Å²) >= 11 is 0. The van der Waals surface area contributed by atoms with Gasteiger partial charge in [0.2, 0.25) is 0 Å². The zero-order chi connectivity index (χ0) is 24.0. The fourth-order valence-corrected chi connectivity index (χ4v) is 4.62. The van der Waals surface area contributed by atoms with Crippen molar-refractivity contribution in [2.24, 2.45) is 0 Å². The summed E-state index contributed by atoms with van der Waals surface area (Å²) in [4.78, 5) is 54.1. The van der Waals surface area contributed by atoms with E-state index in [9.17, 15) is 23.6 Å². The first kappa shape index (κ1) is 21.8. The summed E-state index contributed by atoms with van der Waals surface area (Å²) in [6, 6.07) is 10.3. The maximum absolute atomic E-state index is 14.6. The quantitative estimate of drug-likeness (QED) is 0.514. The Bertz CT molecular complexity index is 1260. The minimum absolute atomic E-state index is 0.0405. The van der Waals surface area contributed by atoms with Crippen LogP contribution in [0.2, 0.25) is 0 Å². The number of rotatable bonds is 4. The maximum Gasteiger partial charge on any atom is 0.344 e. The molecule has 0 bridgehead atoms. The second kappa shape index (κ2) is 8.40. The molecule has 0 saturated carbocycles. The molecule has 8 nitrogen and oxygen atoms in total. The molecule has 1 atom stereocenters. The van der Waals surface area contributed by atoms with Crippen LogP contribution < -0.4 is 0 Å². The SMILES string of the molecule is CCN1CC(=O)N(C2CCN(C(=O)c3cc(C=C4OC(=O)c5ccccc54)ccc3F)C2)C1=O. The van der Waals surface area contributed by atoms with Gasteiger partial charge in [-0.15, -0.1) is 0 Å². The van der Waals surface area contributed by atoms with Gasteiger partial charge in [-0.3, -0.25) is 14.5 Å². The molecule has 0 spiro atoms. The number of likely N-dealkylation sites (N-methyl/N-ethyl adjacent to an activating group) is 1. The number of carbonyl (C=O) groups excluding carboxylic acids is 4. The first-order valence-corrected chi connectivity index (χ1v) is 11.1. The first-order chi connectivity index (χ1) is 16.4. The molecule has 3 aliphatic heterocycles. The predicted molar refractivity (Wildman–Crippen MR) is 120 cm³/mol. The van der Waals surface area contributed by atoms with Crippen LogP contribution in [-0.2, 0) is 9.53 Å². The number of carbonyl (C=O) groups is 4. The Kier molecular flexibility index (Phi) is 5.39. The Hall–Kier alpha value is -4.01. The number of esters is 1. The van der Waals surface area contributed by atoms with Gasteiger partial charge in [0.25, 0.3) is 11.8 Å². The van der Waals surface area contributed by atoms with E-state index in [2.05, 4.69) is 0 Å². The second-order valence-electron chi connectivity index (χ2n) is 8.44. The minimum atomic E-state index is -0.676. The number of likely N-dealkylation sites (tertiary alicyclic amines) is 1. The van der Waals surface area contributed by atoms with Crippen LogP contribution in [0.3, 0.4) is 0 Å². The molecule has 0 radical (unpaired) electrons. The van der Waals surface area contributed by atoms with Crippen LogP contribution in [0.15, 0.2) is 42.5 Å². The summed E-state index contributed by atoms with van der Waals surface area (Å²) in [6.45, 7) is 2.74. The Morgan fingerprint density at radius 3 is 2.65 bits per heavy atom. The van der Waals surface area contributed by atoms with Gasteiger partial charge < -0.3 is 14.5 Å². The number of halogens is 1. The normalized spacial score (nSPS) is 21.0. The molecular formula is C25H22FN3O5. The number of urea groups is 1. The third-order valence-corrected chi connectivity index (χ3v) is 6.40. The van der Waals surface area contributed by atoms with Crippen LogP contribution >= 0.6 is 0 Å². The molecule has 9 heteroatoms. The molecule has 2 fully saturated rings. The summed E-state index contributed by atoms with van der Waals surface area (Å²) in [7, 11) is 0. The van der Waals surface area contributed by atoms with Gasteiger partial charge in [0, 0.05) is 25.2 Å². The highest BCUT2D eigenvalue weighted by Gasteiger charge is 2.43. The number of hydrogen-bond donors (Lipinski definition) is 0. The van der Waals surface area contributed by atoms with Crippen LogP contribution in [0.1, 0.15) is 45.2 Å². The molecule has 34 heavy (non-hydrogen) atoms. The standard InChI is InChI=1S/C25H22FN3O5/c1-2-27-14-22(30)29(25(27)33)16-9-10-28(13-16)23(31)19-11-15(7-8-20(19)26)12-21-17-5-3-4-6-18(17)24(32)34-21/h3-8,11-12,16H,2,9-10,13-14H2,1H3. The first-order valence-electron chi connectivity index (χ1n) is 11.1. The van der Waals surface area contributed by atoms with Crippen molar-refractivity contribution in [3.8, 4) is 0 Å². The van der Waals surface area contributed by atoms with E-state index in [0.29, 0.717) is 42.0 Å². The number of fused-ring (bicyclic) bond motifs is 1. The number of ether oxygens (including phenoxy) is 1. The summed E-state index contributed by atoms with van der Waals surface area (Å²) in [6.07, 6.45) is 2.03. The number of amides is 4. The fraction of sp³-hybridized carbons (Fsp3) is 0.280. The van der Waals surface area contributed by atoms with Crippen molar-refractivity contribution < 1.29 is 28.3 Å². The molecule has 2 aromatic rings. The number of hydrogen-bond acceptors (Lipinski definition) is 5. The van der Waals surface area contributed by atoms with Crippen molar-refractivity contribution in [2.75, 3.05) is 26.2 Å². The molecule has 174 valence electrons. The topological polar surface area (TPSA) is 87.2 Å². The van der Waals surface area contributed by atoms with Gasteiger partial charge >= 0.3 is 12.0 Å².